The summed E-state index contributed by atoms with van der Waals surface area (Å²) >= 11 is 1.80. The van der Waals surface area contributed by atoms with Crippen LogP contribution >= 0.6 is 11.3 Å². The van der Waals surface area contributed by atoms with E-state index in [1.54, 1.807) is 11.3 Å². The first-order chi connectivity index (χ1) is 9.20. The van der Waals surface area contributed by atoms with Crippen LogP contribution in [0.4, 0.5) is 0 Å². The number of thiophene rings is 1. The quantitative estimate of drug-likeness (QED) is 0.889. The topological polar surface area (TPSA) is 18.5 Å². The van der Waals surface area contributed by atoms with E-state index in [0.717, 1.165) is 19.5 Å². The largest absolute Gasteiger partial charge is 0.312 e. The van der Waals surface area contributed by atoms with E-state index in [0.29, 0.717) is 12.1 Å². The average molecular weight is 281 g/mol. The molecule has 3 nitrogen and oxygen atoms in total. The van der Waals surface area contributed by atoms with Crippen LogP contribution in [0, 0.1) is 0 Å². The molecule has 108 valence electrons. The average Bonchev–Trinajstić information content (AvgIpc) is 2.82. The number of likely N-dealkylation sites (N-methyl/N-ethyl adjacent to an activating group) is 3. The fraction of sp³-hybridized carbons (Fsp3) is 0.733. The Kier molecular flexibility index (Phi) is 5.82. The van der Waals surface area contributed by atoms with E-state index in [1.165, 1.54) is 25.1 Å². The van der Waals surface area contributed by atoms with Crippen molar-refractivity contribution in [1.82, 2.24) is 15.1 Å². The molecular formula is C15H27N3S. The molecule has 0 aromatic carbocycles. The predicted molar refractivity (Wildman–Crippen MR) is 84.0 cm³/mol. The third-order valence-corrected chi connectivity index (χ3v) is 4.81. The SMILES string of the molecule is CCNC(Cc1ccsc1)C1CN(C)CCCN1C. The molecule has 2 atom stereocenters. The Labute approximate surface area is 121 Å². The lowest BCUT2D eigenvalue weighted by Crippen LogP contribution is -2.53. The van der Waals surface area contributed by atoms with Crippen LogP contribution in [0.3, 0.4) is 0 Å². The van der Waals surface area contributed by atoms with Crippen molar-refractivity contribution in [2.45, 2.75) is 31.8 Å². The van der Waals surface area contributed by atoms with Gasteiger partial charge in [0, 0.05) is 18.6 Å². The summed E-state index contributed by atoms with van der Waals surface area (Å²) in [5.74, 6) is 0. The summed E-state index contributed by atoms with van der Waals surface area (Å²) in [5.41, 5.74) is 1.47. The van der Waals surface area contributed by atoms with Crippen molar-refractivity contribution in [2.75, 3.05) is 40.3 Å². The zero-order chi connectivity index (χ0) is 13.7. The van der Waals surface area contributed by atoms with Gasteiger partial charge < -0.3 is 15.1 Å². The van der Waals surface area contributed by atoms with Gasteiger partial charge in [-0.05, 0) is 69.0 Å². The summed E-state index contributed by atoms with van der Waals surface area (Å²) in [5, 5.41) is 8.17. The molecule has 0 bridgehead atoms. The number of hydrogen-bond acceptors (Lipinski definition) is 4. The zero-order valence-electron chi connectivity index (χ0n) is 12.4. The van der Waals surface area contributed by atoms with Crippen LogP contribution in [0.15, 0.2) is 16.8 Å². The fourth-order valence-electron chi connectivity index (χ4n) is 3.01. The van der Waals surface area contributed by atoms with Crippen molar-refractivity contribution >= 4 is 11.3 Å². The van der Waals surface area contributed by atoms with Crippen molar-refractivity contribution in [3.8, 4) is 0 Å². The standard InChI is InChI=1S/C15H27N3S/c1-4-16-14(10-13-6-9-19-12-13)15-11-17(2)7-5-8-18(15)3/h6,9,12,14-16H,4-5,7-8,10-11H2,1-3H3. The Bertz CT molecular complexity index is 352. The van der Waals surface area contributed by atoms with Gasteiger partial charge in [-0.15, -0.1) is 0 Å². The molecule has 0 saturated carbocycles. The Balaban J connectivity index is 2.06. The summed E-state index contributed by atoms with van der Waals surface area (Å²) in [4.78, 5) is 5.02. The minimum Gasteiger partial charge on any atom is -0.312 e. The molecule has 2 heterocycles. The highest BCUT2D eigenvalue weighted by molar-refractivity contribution is 7.07. The molecule has 0 spiro atoms. The number of hydrogen-bond donors (Lipinski definition) is 1. The lowest BCUT2D eigenvalue weighted by molar-refractivity contribution is 0.178. The van der Waals surface area contributed by atoms with Crippen LogP contribution in [-0.4, -0.2) is 62.2 Å². The zero-order valence-corrected chi connectivity index (χ0v) is 13.2. The normalized spacial score (nSPS) is 24.3. The molecule has 1 N–H and O–H groups in total. The Hall–Kier alpha value is -0.420. The Morgan fingerprint density at radius 2 is 2.26 bits per heavy atom. The summed E-state index contributed by atoms with van der Waals surface area (Å²) in [7, 11) is 4.53. The van der Waals surface area contributed by atoms with Gasteiger partial charge in [-0.1, -0.05) is 6.92 Å². The van der Waals surface area contributed by atoms with Crippen LogP contribution in [0.2, 0.25) is 0 Å². The first kappa shape index (κ1) is 15.0. The van der Waals surface area contributed by atoms with Crippen LogP contribution in [0.1, 0.15) is 18.9 Å². The van der Waals surface area contributed by atoms with E-state index in [-0.39, 0.29) is 0 Å². The first-order valence-electron chi connectivity index (χ1n) is 7.34. The Morgan fingerprint density at radius 3 is 2.95 bits per heavy atom. The van der Waals surface area contributed by atoms with E-state index in [2.05, 4.69) is 53.0 Å². The maximum absolute atomic E-state index is 3.71. The van der Waals surface area contributed by atoms with Crippen molar-refractivity contribution in [3.05, 3.63) is 22.4 Å². The van der Waals surface area contributed by atoms with Gasteiger partial charge in [0.25, 0.3) is 0 Å². The first-order valence-corrected chi connectivity index (χ1v) is 8.28. The van der Waals surface area contributed by atoms with Gasteiger partial charge in [0.05, 0.1) is 0 Å². The van der Waals surface area contributed by atoms with E-state index < -0.39 is 0 Å². The lowest BCUT2D eigenvalue weighted by Gasteiger charge is -2.35. The van der Waals surface area contributed by atoms with E-state index in [9.17, 15) is 0 Å². The van der Waals surface area contributed by atoms with Gasteiger partial charge in [0.15, 0.2) is 0 Å². The van der Waals surface area contributed by atoms with Gasteiger partial charge in [-0.25, -0.2) is 0 Å². The molecular weight excluding hydrogens is 254 g/mol. The smallest absolute Gasteiger partial charge is 0.0376 e. The maximum Gasteiger partial charge on any atom is 0.0376 e. The molecule has 1 fully saturated rings. The third-order valence-electron chi connectivity index (χ3n) is 4.08. The molecule has 1 saturated heterocycles. The summed E-state index contributed by atoms with van der Waals surface area (Å²) in [6, 6.07) is 3.41. The van der Waals surface area contributed by atoms with Crippen molar-refractivity contribution in [1.29, 1.82) is 0 Å². The lowest BCUT2D eigenvalue weighted by atomic mass is 9.99. The molecule has 1 aromatic heterocycles. The summed E-state index contributed by atoms with van der Waals surface area (Å²) in [6.45, 7) is 6.85. The van der Waals surface area contributed by atoms with E-state index in [4.69, 9.17) is 0 Å². The van der Waals surface area contributed by atoms with Gasteiger partial charge >= 0.3 is 0 Å². The van der Waals surface area contributed by atoms with E-state index in [1.807, 2.05) is 0 Å². The molecule has 4 heteroatoms. The highest BCUT2D eigenvalue weighted by atomic mass is 32.1. The minimum atomic E-state index is 0.546. The molecule has 1 aliphatic heterocycles. The van der Waals surface area contributed by atoms with Gasteiger partial charge in [0.2, 0.25) is 0 Å². The molecule has 0 amide bonds. The second-order valence-corrected chi connectivity index (χ2v) is 6.44. The number of nitrogens with zero attached hydrogens (tertiary/aromatic N) is 2. The highest BCUT2D eigenvalue weighted by Gasteiger charge is 2.28. The van der Waals surface area contributed by atoms with Crippen molar-refractivity contribution in [2.24, 2.45) is 0 Å². The van der Waals surface area contributed by atoms with Gasteiger partial charge in [-0.2, -0.15) is 11.3 Å². The monoisotopic (exact) mass is 281 g/mol. The molecule has 1 aromatic rings. The molecule has 19 heavy (non-hydrogen) atoms. The second-order valence-electron chi connectivity index (χ2n) is 5.66. The van der Waals surface area contributed by atoms with Crippen LogP contribution < -0.4 is 5.32 Å². The number of nitrogens with one attached hydrogen (secondary N) is 1. The minimum absolute atomic E-state index is 0.546. The molecule has 1 aliphatic rings. The third kappa shape index (κ3) is 4.28. The van der Waals surface area contributed by atoms with Gasteiger partial charge in [0.1, 0.15) is 0 Å². The summed E-state index contributed by atoms with van der Waals surface area (Å²) < 4.78 is 0. The molecule has 0 radical (unpaired) electrons. The predicted octanol–water partition coefficient (Wildman–Crippen LogP) is 1.90. The van der Waals surface area contributed by atoms with Crippen molar-refractivity contribution in [3.63, 3.8) is 0 Å². The molecule has 0 aliphatic carbocycles. The number of rotatable bonds is 5. The van der Waals surface area contributed by atoms with Gasteiger partial charge in [-0.3, -0.25) is 0 Å². The second kappa shape index (κ2) is 7.39. The van der Waals surface area contributed by atoms with Crippen LogP contribution in [0.5, 0.6) is 0 Å². The summed E-state index contributed by atoms with van der Waals surface area (Å²) in [6.07, 6.45) is 2.42. The molecule has 2 rings (SSSR count). The van der Waals surface area contributed by atoms with E-state index >= 15 is 0 Å². The molecule has 2 unspecified atom stereocenters. The fourth-order valence-corrected chi connectivity index (χ4v) is 3.69. The van der Waals surface area contributed by atoms with Crippen molar-refractivity contribution < 1.29 is 0 Å². The highest BCUT2D eigenvalue weighted by Crippen LogP contribution is 2.16. The van der Waals surface area contributed by atoms with Crippen LogP contribution in [0.25, 0.3) is 0 Å². The maximum atomic E-state index is 3.71. The van der Waals surface area contributed by atoms with Crippen LogP contribution in [-0.2, 0) is 6.42 Å². The Morgan fingerprint density at radius 1 is 1.42 bits per heavy atom.